The van der Waals surface area contributed by atoms with Crippen molar-refractivity contribution in [1.29, 1.82) is 0 Å². The molecule has 0 heterocycles. The summed E-state index contributed by atoms with van der Waals surface area (Å²) in [5.74, 6) is 0. The van der Waals surface area contributed by atoms with Gasteiger partial charge < -0.3 is 4.43 Å². The Balaban J connectivity index is 2.85. The van der Waals surface area contributed by atoms with Gasteiger partial charge in [-0.05, 0) is 30.5 Å². The maximum absolute atomic E-state index is 6.49. The van der Waals surface area contributed by atoms with Gasteiger partial charge in [0.1, 0.15) is 0 Å². The smallest absolute Gasteiger partial charge is 0.183 e. The highest BCUT2D eigenvalue weighted by atomic mass is 28.3. The molecule has 0 saturated heterocycles. The Hall–Kier alpha value is -0.603. The first-order valence-electron chi connectivity index (χ1n) is 6.58. The van der Waals surface area contributed by atoms with Crippen LogP contribution in [0.3, 0.4) is 0 Å². The van der Waals surface area contributed by atoms with Crippen molar-refractivity contribution in [2.75, 3.05) is 0 Å². The molecule has 96 valence electrons. The summed E-state index contributed by atoms with van der Waals surface area (Å²) in [6.45, 7) is 13.5. The van der Waals surface area contributed by atoms with Crippen molar-refractivity contribution in [2.24, 2.45) is 0 Å². The molecule has 0 aromatic heterocycles. The van der Waals surface area contributed by atoms with Gasteiger partial charge in [-0.3, -0.25) is 0 Å². The van der Waals surface area contributed by atoms with Crippen molar-refractivity contribution in [3.63, 3.8) is 0 Å². The van der Waals surface area contributed by atoms with E-state index in [2.05, 4.69) is 71.9 Å². The van der Waals surface area contributed by atoms with Crippen molar-refractivity contribution in [2.45, 2.75) is 58.2 Å². The molecule has 2 heteroatoms. The first kappa shape index (κ1) is 14.5. The predicted octanol–water partition coefficient (Wildman–Crippen LogP) is 4.48. The fourth-order valence-electron chi connectivity index (χ4n) is 2.29. The molecular formula is C15H26OSi. The van der Waals surface area contributed by atoms with Gasteiger partial charge in [-0.2, -0.15) is 0 Å². The Morgan fingerprint density at radius 2 is 1.41 bits per heavy atom. The lowest BCUT2D eigenvalue weighted by Gasteiger charge is -2.35. The van der Waals surface area contributed by atoms with Gasteiger partial charge in [0.15, 0.2) is 9.04 Å². The molecule has 17 heavy (non-hydrogen) atoms. The maximum Gasteiger partial charge on any atom is 0.183 e. The fourth-order valence-corrected chi connectivity index (χ4v) is 5.19. The minimum atomic E-state index is -1.18. The first-order chi connectivity index (χ1) is 7.84. The molecule has 0 aliphatic heterocycles. The summed E-state index contributed by atoms with van der Waals surface area (Å²) < 4.78 is 6.49. The van der Waals surface area contributed by atoms with Gasteiger partial charge in [-0.15, -0.1) is 0 Å². The van der Waals surface area contributed by atoms with E-state index in [0.29, 0.717) is 11.1 Å². The zero-order chi connectivity index (χ0) is 13.1. The SMILES string of the molecule is CC(C)[SiH](OC(C)(C)c1ccccc1)C(C)C. The third kappa shape index (κ3) is 3.97. The van der Waals surface area contributed by atoms with Crippen molar-refractivity contribution >= 4 is 9.04 Å². The van der Waals surface area contributed by atoms with Gasteiger partial charge in [0, 0.05) is 0 Å². The van der Waals surface area contributed by atoms with Crippen molar-refractivity contribution in [3.8, 4) is 0 Å². The summed E-state index contributed by atoms with van der Waals surface area (Å²) in [7, 11) is -1.18. The van der Waals surface area contributed by atoms with Crippen LogP contribution in [0.4, 0.5) is 0 Å². The predicted molar refractivity (Wildman–Crippen MR) is 77.9 cm³/mol. The van der Waals surface area contributed by atoms with E-state index in [-0.39, 0.29) is 5.60 Å². The minimum absolute atomic E-state index is 0.160. The van der Waals surface area contributed by atoms with Crippen LogP contribution in [0, 0.1) is 0 Å². The van der Waals surface area contributed by atoms with E-state index in [9.17, 15) is 0 Å². The van der Waals surface area contributed by atoms with E-state index in [1.54, 1.807) is 0 Å². The van der Waals surface area contributed by atoms with E-state index < -0.39 is 9.04 Å². The van der Waals surface area contributed by atoms with Crippen molar-refractivity contribution in [3.05, 3.63) is 35.9 Å². The molecule has 0 unspecified atom stereocenters. The van der Waals surface area contributed by atoms with E-state index in [1.165, 1.54) is 5.56 Å². The van der Waals surface area contributed by atoms with Crippen molar-refractivity contribution < 1.29 is 4.43 Å². The van der Waals surface area contributed by atoms with Gasteiger partial charge in [-0.25, -0.2) is 0 Å². The lowest BCUT2D eigenvalue weighted by atomic mass is 9.99. The molecule has 1 aromatic rings. The lowest BCUT2D eigenvalue weighted by molar-refractivity contribution is 0.100. The van der Waals surface area contributed by atoms with E-state index >= 15 is 0 Å². The molecule has 0 N–H and O–H groups in total. The summed E-state index contributed by atoms with van der Waals surface area (Å²) in [5, 5.41) is 0. The highest BCUT2D eigenvalue weighted by Crippen LogP contribution is 2.31. The Labute approximate surface area is 108 Å². The molecule has 0 amide bonds. The fraction of sp³-hybridized carbons (Fsp3) is 0.600. The van der Waals surface area contributed by atoms with Crippen LogP contribution in [0.2, 0.25) is 11.1 Å². The number of rotatable bonds is 5. The molecule has 0 aliphatic carbocycles. The van der Waals surface area contributed by atoms with E-state index in [4.69, 9.17) is 4.43 Å². The molecule has 0 aliphatic rings. The van der Waals surface area contributed by atoms with Crippen LogP contribution in [0.1, 0.15) is 47.1 Å². The Bertz CT molecular complexity index is 322. The molecular weight excluding hydrogens is 224 g/mol. The average molecular weight is 250 g/mol. The molecule has 1 rings (SSSR count). The molecule has 1 aromatic carbocycles. The van der Waals surface area contributed by atoms with Gasteiger partial charge in [0.05, 0.1) is 5.60 Å². The standard InChI is InChI=1S/C15H26OSi/c1-12(2)17(13(3)4)16-15(5,6)14-10-8-7-9-11-14/h7-13,17H,1-6H3. The minimum Gasteiger partial charge on any atom is -0.411 e. The summed E-state index contributed by atoms with van der Waals surface area (Å²) >= 11 is 0. The third-order valence-corrected chi connectivity index (χ3v) is 6.70. The molecule has 1 nitrogen and oxygen atoms in total. The molecule has 0 atom stereocenters. The molecule has 0 radical (unpaired) electrons. The molecule has 0 spiro atoms. The second-order valence-electron chi connectivity index (χ2n) is 5.95. The number of hydrogen-bond donors (Lipinski definition) is 0. The van der Waals surface area contributed by atoms with E-state index in [0.717, 1.165) is 0 Å². The highest BCUT2D eigenvalue weighted by molar-refractivity contribution is 6.55. The second kappa shape index (κ2) is 5.83. The van der Waals surface area contributed by atoms with Crippen LogP contribution >= 0.6 is 0 Å². The normalized spacial score (nSPS) is 12.8. The van der Waals surface area contributed by atoms with Gasteiger partial charge in [0.25, 0.3) is 0 Å². The highest BCUT2D eigenvalue weighted by Gasteiger charge is 2.30. The summed E-state index contributed by atoms with van der Waals surface area (Å²) in [5.41, 5.74) is 2.47. The second-order valence-corrected chi connectivity index (χ2v) is 9.78. The van der Waals surface area contributed by atoms with Gasteiger partial charge >= 0.3 is 0 Å². The van der Waals surface area contributed by atoms with Crippen LogP contribution in [0.5, 0.6) is 0 Å². The number of hydrogen-bond acceptors (Lipinski definition) is 1. The zero-order valence-electron chi connectivity index (χ0n) is 12.0. The quantitative estimate of drug-likeness (QED) is 0.700. The monoisotopic (exact) mass is 250 g/mol. The van der Waals surface area contributed by atoms with Gasteiger partial charge in [0.2, 0.25) is 0 Å². The lowest BCUT2D eigenvalue weighted by Crippen LogP contribution is -2.35. The molecule has 0 saturated carbocycles. The maximum atomic E-state index is 6.49. The zero-order valence-corrected chi connectivity index (χ0v) is 13.2. The number of benzene rings is 1. The van der Waals surface area contributed by atoms with Crippen LogP contribution in [-0.2, 0) is 10.0 Å². The average Bonchev–Trinajstić information content (AvgIpc) is 2.26. The van der Waals surface area contributed by atoms with Crippen LogP contribution in [0.15, 0.2) is 30.3 Å². The molecule has 0 bridgehead atoms. The summed E-state index contributed by atoms with van der Waals surface area (Å²) in [4.78, 5) is 0. The Morgan fingerprint density at radius 3 is 1.82 bits per heavy atom. The summed E-state index contributed by atoms with van der Waals surface area (Å²) in [6, 6.07) is 10.5. The Morgan fingerprint density at radius 1 is 0.941 bits per heavy atom. The van der Waals surface area contributed by atoms with E-state index in [1.807, 2.05) is 0 Å². The largest absolute Gasteiger partial charge is 0.411 e. The van der Waals surface area contributed by atoms with Gasteiger partial charge in [-0.1, -0.05) is 58.0 Å². The van der Waals surface area contributed by atoms with Crippen molar-refractivity contribution in [1.82, 2.24) is 0 Å². The molecule has 0 fully saturated rings. The van der Waals surface area contributed by atoms with Crippen LogP contribution in [-0.4, -0.2) is 9.04 Å². The summed E-state index contributed by atoms with van der Waals surface area (Å²) in [6.07, 6.45) is 0. The van der Waals surface area contributed by atoms with Crippen LogP contribution in [0.25, 0.3) is 0 Å². The first-order valence-corrected chi connectivity index (χ1v) is 8.38. The third-order valence-electron chi connectivity index (χ3n) is 3.21. The Kier molecular flexibility index (Phi) is 4.96. The van der Waals surface area contributed by atoms with Crippen LogP contribution < -0.4 is 0 Å². The topological polar surface area (TPSA) is 9.23 Å².